The first-order valence-corrected chi connectivity index (χ1v) is 14.1. The number of rotatable bonds is 9. The Morgan fingerprint density at radius 2 is 1.97 bits per heavy atom. The molecule has 2 aliphatic rings. The number of halogens is 2. The summed E-state index contributed by atoms with van der Waals surface area (Å²) >= 11 is 3.98. The normalized spacial score (nSPS) is 20.6. The SMILES string of the molecule is Cc1c(F)cccc1C1=C(C(=O)c2cccc(O)c2)CC(CCCCN(C)C)C([C@@H]2CCCNC2)=C1Br. The molecule has 2 aromatic rings. The fraction of sp³-hybridized carbons (Fsp3) is 0.452. The number of phenolic OH excluding ortho intramolecular Hbond substituents is 1. The maximum absolute atomic E-state index is 14.8. The highest BCUT2D eigenvalue weighted by Crippen LogP contribution is 2.49. The topological polar surface area (TPSA) is 52.6 Å². The van der Waals surface area contributed by atoms with Crippen LogP contribution in [0, 0.1) is 24.6 Å². The molecule has 0 bridgehead atoms. The predicted molar refractivity (Wildman–Crippen MR) is 153 cm³/mol. The molecule has 0 amide bonds. The molecule has 2 aromatic carbocycles. The number of aromatic hydroxyl groups is 1. The van der Waals surface area contributed by atoms with Crippen LogP contribution in [-0.4, -0.2) is 49.5 Å². The minimum Gasteiger partial charge on any atom is -0.508 e. The van der Waals surface area contributed by atoms with Crippen LogP contribution in [0.2, 0.25) is 0 Å². The molecule has 2 N–H and O–H groups in total. The zero-order valence-electron chi connectivity index (χ0n) is 22.1. The number of carbonyl (C=O) groups is 1. The van der Waals surface area contributed by atoms with E-state index in [4.69, 9.17) is 0 Å². The smallest absolute Gasteiger partial charge is 0.189 e. The zero-order chi connectivity index (χ0) is 26.5. The van der Waals surface area contributed by atoms with Gasteiger partial charge >= 0.3 is 0 Å². The summed E-state index contributed by atoms with van der Waals surface area (Å²) in [6, 6.07) is 11.6. The van der Waals surface area contributed by atoms with Crippen molar-refractivity contribution in [2.45, 2.75) is 45.4 Å². The monoisotopic (exact) mass is 568 g/mol. The van der Waals surface area contributed by atoms with Gasteiger partial charge in [-0.1, -0.05) is 46.6 Å². The van der Waals surface area contributed by atoms with Gasteiger partial charge in [0.25, 0.3) is 0 Å². The van der Waals surface area contributed by atoms with E-state index in [9.17, 15) is 14.3 Å². The predicted octanol–water partition coefficient (Wildman–Crippen LogP) is 6.88. The standard InChI is InChI=1S/C31H38BrFN2O2/c1-20-25(13-7-14-27(20)33)29-26(31(37)22-10-6-12-24(36)17-22)18-21(9-4-5-16-35(2)3)28(30(29)32)23-11-8-15-34-19-23/h6-7,10,12-14,17,21,23,34,36H,4-5,8-9,11,15-16,18-19H2,1-3H3/t21?,23-/m1/s1. The third-order valence-electron chi connectivity index (χ3n) is 7.73. The van der Waals surface area contributed by atoms with E-state index in [2.05, 4.69) is 40.2 Å². The van der Waals surface area contributed by atoms with Crippen molar-refractivity contribution in [3.63, 3.8) is 0 Å². The molecular weight excluding hydrogens is 531 g/mol. The van der Waals surface area contributed by atoms with Crippen LogP contribution >= 0.6 is 15.9 Å². The Hall–Kier alpha value is -2.28. The summed E-state index contributed by atoms with van der Waals surface area (Å²) in [5, 5.41) is 13.6. The van der Waals surface area contributed by atoms with Crippen LogP contribution in [0.5, 0.6) is 5.75 Å². The lowest BCUT2D eigenvalue weighted by molar-refractivity contribution is 0.102. The Morgan fingerprint density at radius 1 is 1.19 bits per heavy atom. The molecule has 4 nitrogen and oxygen atoms in total. The van der Waals surface area contributed by atoms with E-state index in [-0.39, 0.29) is 23.3 Å². The van der Waals surface area contributed by atoms with Crippen LogP contribution in [0.4, 0.5) is 4.39 Å². The van der Waals surface area contributed by atoms with Crippen molar-refractivity contribution in [3.8, 4) is 5.75 Å². The van der Waals surface area contributed by atoms with Gasteiger partial charge in [-0.05, 0) is 113 Å². The highest BCUT2D eigenvalue weighted by Gasteiger charge is 2.36. The maximum atomic E-state index is 14.8. The number of allylic oxidation sites excluding steroid dienone is 3. The van der Waals surface area contributed by atoms with Crippen molar-refractivity contribution < 1.29 is 14.3 Å². The van der Waals surface area contributed by atoms with Gasteiger partial charge in [-0.15, -0.1) is 0 Å². The molecule has 1 aliphatic carbocycles. The average Bonchev–Trinajstić information content (AvgIpc) is 2.88. The number of nitrogens with one attached hydrogen (secondary N) is 1. The molecule has 1 aliphatic heterocycles. The largest absolute Gasteiger partial charge is 0.508 e. The Kier molecular flexibility index (Phi) is 9.38. The molecule has 1 unspecified atom stereocenters. The molecule has 2 atom stereocenters. The van der Waals surface area contributed by atoms with Gasteiger partial charge < -0.3 is 15.3 Å². The highest BCUT2D eigenvalue weighted by atomic mass is 79.9. The van der Waals surface area contributed by atoms with E-state index in [1.165, 1.54) is 17.7 Å². The molecule has 1 fully saturated rings. The van der Waals surface area contributed by atoms with Crippen molar-refractivity contribution >= 4 is 27.3 Å². The molecule has 1 heterocycles. The lowest BCUT2D eigenvalue weighted by Crippen LogP contribution is -2.34. The molecular formula is C31H38BrFN2O2. The van der Waals surface area contributed by atoms with Gasteiger partial charge in [-0.25, -0.2) is 4.39 Å². The Balaban J connectivity index is 1.85. The summed E-state index contributed by atoms with van der Waals surface area (Å²) in [6.45, 7) is 4.77. The maximum Gasteiger partial charge on any atom is 0.189 e. The van der Waals surface area contributed by atoms with Crippen molar-refractivity contribution in [1.29, 1.82) is 0 Å². The first kappa shape index (κ1) is 27.7. The Morgan fingerprint density at radius 3 is 2.68 bits per heavy atom. The summed E-state index contributed by atoms with van der Waals surface area (Å²) in [4.78, 5) is 16.2. The van der Waals surface area contributed by atoms with Gasteiger partial charge in [-0.2, -0.15) is 0 Å². The van der Waals surface area contributed by atoms with Crippen LogP contribution in [0.15, 0.2) is 58.1 Å². The molecule has 37 heavy (non-hydrogen) atoms. The number of unbranched alkanes of at least 4 members (excludes halogenated alkanes) is 1. The van der Waals surface area contributed by atoms with Crippen LogP contribution in [0.1, 0.15) is 60.0 Å². The van der Waals surface area contributed by atoms with Crippen molar-refractivity contribution in [3.05, 3.63) is 80.6 Å². The van der Waals surface area contributed by atoms with Gasteiger partial charge in [0.1, 0.15) is 11.6 Å². The van der Waals surface area contributed by atoms with Gasteiger partial charge in [0.15, 0.2) is 5.78 Å². The van der Waals surface area contributed by atoms with E-state index in [0.29, 0.717) is 29.0 Å². The Bertz CT molecular complexity index is 1200. The average molecular weight is 570 g/mol. The number of nitrogens with zero attached hydrogens (tertiary/aromatic N) is 1. The van der Waals surface area contributed by atoms with Gasteiger partial charge in [0, 0.05) is 27.7 Å². The first-order valence-electron chi connectivity index (χ1n) is 13.4. The second kappa shape index (κ2) is 12.5. The van der Waals surface area contributed by atoms with Crippen molar-refractivity contribution in [1.82, 2.24) is 10.2 Å². The first-order chi connectivity index (χ1) is 17.8. The van der Waals surface area contributed by atoms with E-state index < -0.39 is 0 Å². The van der Waals surface area contributed by atoms with Crippen molar-refractivity contribution in [2.75, 3.05) is 33.7 Å². The Labute approximate surface area is 228 Å². The quantitative estimate of drug-likeness (QED) is 0.256. The molecule has 0 saturated carbocycles. The third-order valence-corrected chi connectivity index (χ3v) is 8.58. The number of piperidine rings is 1. The number of carbonyl (C=O) groups excluding carboxylic acids is 1. The van der Waals surface area contributed by atoms with Gasteiger partial charge in [0.2, 0.25) is 0 Å². The molecule has 4 rings (SSSR count). The number of benzene rings is 2. The summed E-state index contributed by atoms with van der Waals surface area (Å²) in [7, 11) is 4.19. The molecule has 0 radical (unpaired) electrons. The lowest BCUT2D eigenvalue weighted by atomic mass is 9.71. The molecule has 198 valence electrons. The fourth-order valence-electron chi connectivity index (χ4n) is 5.81. The number of ketones is 1. The zero-order valence-corrected chi connectivity index (χ0v) is 23.7. The van der Waals surface area contributed by atoms with E-state index in [0.717, 1.165) is 67.4 Å². The van der Waals surface area contributed by atoms with E-state index >= 15 is 0 Å². The number of hydrogen-bond acceptors (Lipinski definition) is 4. The van der Waals surface area contributed by atoms with Crippen LogP contribution in [0.25, 0.3) is 5.57 Å². The fourth-order valence-corrected chi connectivity index (χ4v) is 6.91. The van der Waals surface area contributed by atoms with Crippen LogP contribution in [-0.2, 0) is 0 Å². The number of phenols is 1. The number of hydrogen-bond donors (Lipinski definition) is 2. The summed E-state index contributed by atoms with van der Waals surface area (Å²) in [6.07, 6.45) is 6.02. The number of Topliss-reactive ketones (excluding diaryl/α,β-unsaturated/α-hetero) is 1. The van der Waals surface area contributed by atoms with Gasteiger partial charge in [-0.3, -0.25) is 4.79 Å². The molecule has 0 spiro atoms. The lowest BCUT2D eigenvalue weighted by Gasteiger charge is -2.37. The second-order valence-electron chi connectivity index (χ2n) is 10.7. The second-order valence-corrected chi connectivity index (χ2v) is 11.5. The minimum absolute atomic E-state index is 0.0644. The molecule has 6 heteroatoms. The van der Waals surface area contributed by atoms with Crippen molar-refractivity contribution in [2.24, 2.45) is 11.8 Å². The summed E-state index contributed by atoms with van der Waals surface area (Å²) in [5.74, 6) is 0.292. The van der Waals surface area contributed by atoms with Crippen LogP contribution in [0.3, 0.4) is 0 Å². The van der Waals surface area contributed by atoms with E-state index in [1.807, 2.05) is 6.07 Å². The molecule has 1 saturated heterocycles. The van der Waals surface area contributed by atoms with Crippen LogP contribution < -0.4 is 5.32 Å². The third kappa shape index (κ3) is 6.42. The van der Waals surface area contributed by atoms with Gasteiger partial charge in [0.05, 0.1) is 0 Å². The summed E-state index contributed by atoms with van der Waals surface area (Å²) in [5.41, 5.74) is 4.61. The highest BCUT2D eigenvalue weighted by molar-refractivity contribution is 9.12. The summed E-state index contributed by atoms with van der Waals surface area (Å²) < 4.78 is 15.7. The van der Waals surface area contributed by atoms with E-state index in [1.54, 1.807) is 31.2 Å². The minimum atomic E-state index is -0.277. The molecule has 0 aromatic heterocycles.